The minimum absolute atomic E-state index is 0.00552. The van der Waals surface area contributed by atoms with Crippen LogP contribution in [0.2, 0.25) is 5.02 Å². The first-order valence-electron chi connectivity index (χ1n) is 8.81. The molecule has 7 heteroatoms. The van der Waals surface area contributed by atoms with E-state index in [0.29, 0.717) is 23.7 Å². The van der Waals surface area contributed by atoms with Crippen LogP contribution in [-0.4, -0.2) is 56.8 Å². The van der Waals surface area contributed by atoms with E-state index in [-0.39, 0.29) is 11.4 Å². The molecule has 1 N–H and O–H groups in total. The number of likely N-dealkylation sites (tertiary alicyclic amines) is 1. The maximum atomic E-state index is 12.8. The van der Waals surface area contributed by atoms with Gasteiger partial charge in [-0.1, -0.05) is 18.5 Å². The summed E-state index contributed by atoms with van der Waals surface area (Å²) in [6.45, 7) is 5.67. The average molecular weight is 360 g/mol. The van der Waals surface area contributed by atoms with Gasteiger partial charge in [0.25, 0.3) is 5.91 Å². The van der Waals surface area contributed by atoms with Crippen LogP contribution in [0.1, 0.15) is 41.5 Å². The summed E-state index contributed by atoms with van der Waals surface area (Å²) in [5.74, 6) is 0.00552. The number of hydrogen-bond donors (Lipinski definition) is 1. The predicted molar refractivity (Wildman–Crippen MR) is 95.6 cm³/mol. The standard InChI is InChI=1S/C18H22ClN5O/c1-2-24-6-3-15-16(22-12-21-15)18(24)4-7-23(8-5-18)17(25)13-9-14(19)11-20-10-13/h9-12H,2-8H2,1H3,(H,21,22). The van der Waals surface area contributed by atoms with Gasteiger partial charge in [-0.25, -0.2) is 4.98 Å². The molecule has 0 bridgehead atoms. The molecule has 2 aliphatic heterocycles. The molecule has 25 heavy (non-hydrogen) atoms. The van der Waals surface area contributed by atoms with Gasteiger partial charge in [0, 0.05) is 44.1 Å². The molecule has 0 radical (unpaired) electrons. The first-order chi connectivity index (χ1) is 12.1. The number of halogens is 1. The number of H-pyrrole nitrogens is 1. The summed E-state index contributed by atoms with van der Waals surface area (Å²) in [5, 5.41) is 0.491. The number of rotatable bonds is 2. The van der Waals surface area contributed by atoms with Gasteiger partial charge in [-0.05, 0) is 25.5 Å². The van der Waals surface area contributed by atoms with Crippen molar-refractivity contribution >= 4 is 17.5 Å². The number of amides is 1. The van der Waals surface area contributed by atoms with Gasteiger partial charge < -0.3 is 9.88 Å². The molecule has 2 aromatic heterocycles. The van der Waals surface area contributed by atoms with E-state index < -0.39 is 0 Å². The topological polar surface area (TPSA) is 65.1 Å². The van der Waals surface area contributed by atoms with Crippen LogP contribution >= 0.6 is 11.6 Å². The van der Waals surface area contributed by atoms with Crippen LogP contribution in [0.3, 0.4) is 0 Å². The number of nitrogens with zero attached hydrogens (tertiary/aromatic N) is 4. The smallest absolute Gasteiger partial charge is 0.255 e. The van der Waals surface area contributed by atoms with Gasteiger partial charge >= 0.3 is 0 Å². The van der Waals surface area contributed by atoms with Gasteiger partial charge in [0.2, 0.25) is 0 Å². The molecule has 1 amide bonds. The summed E-state index contributed by atoms with van der Waals surface area (Å²) in [6.07, 6.45) is 7.76. The summed E-state index contributed by atoms with van der Waals surface area (Å²) in [4.78, 5) is 29.2. The van der Waals surface area contributed by atoms with E-state index >= 15 is 0 Å². The van der Waals surface area contributed by atoms with E-state index in [2.05, 4.69) is 26.8 Å². The van der Waals surface area contributed by atoms with Gasteiger partial charge in [-0.15, -0.1) is 0 Å². The fourth-order valence-corrected chi connectivity index (χ4v) is 4.50. The zero-order valence-electron chi connectivity index (χ0n) is 14.3. The maximum absolute atomic E-state index is 12.8. The molecule has 0 unspecified atom stereocenters. The fourth-order valence-electron chi connectivity index (χ4n) is 4.33. The van der Waals surface area contributed by atoms with Gasteiger partial charge in [0.05, 0.1) is 28.1 Å². The number of piperidine rings is 1. The molecule has 2 aromatic rings. The Balaban J connectivity index is 1.56. The number of carbonyl (C=O) groups is 1. The van der Waals surface area contributed by atoms with Crippen molar-refractivity contribution in [1.82, 2.24) is 24.8 Å². The Morgan fingerprint density at radius 3 is 2.84 bits per heavy atom. The van der Waals surface area contributed by atoms with Crippen molar-refractivity contribution in [2.75, 3.05) is 26.2 Å². The van der Waals surface area contributed by atoms with Crippen LogP contribution in [0, 0.1) is 0 Å². The number of fused-ring (bicyclic) bond motifs is 2. The second-order valence-electron chi connectivity index (χ2n) is 6.77. The summed E-state index contributed by atoms with van der Waals surface area (Å²) < 4.78 is 0. The van der Waals surface area contributed by atoms with Gasteiger partial charge in [-0.2, -0.15) is 0 Å². The van der Waals surface area contributed by atoms with E-state index in [1.807, 2.05) is 4.90 Å². The zero-order chi connectivity index (χ0) is 17.4. The van der Waals surface area contributed by atoms with Gasteiger partial charge in [0.15, 0.2) is 0 Å². The second kappa shape index (κ2) is 6.42. The molecule has 4 rings (SSSR count). The third-order valence-corrected chi connectivity index (χ3v) is 5.81. The number of aromatic amines is 1. The number of imidazole rings is 1. The molecule has 1 saturated heterocycles. The summed E-state index contributed by atoms with van der Waals surface area (Å²) in [6, 6.07) is 1.69. The number of hydrogen-bond acceptors (Lipinski definition) is 4. The predicted octanol–water partition coefficient (Wildman–Crippen LogP) is 2.47. The first kappa shape index (κ1) is 16.5. The van der Waals surface area contributed by atoms with E-state index in [1.54, 1.807) is 24.8 Å². The summed E-state index contributed by atoms with van der Waals surface area (Å²) in [7, 11) is 0. The Hall–Kier alpha value is -1.92. The van der Waals surface area contributed by atoms with Crippen molar-refractivity contribution in [1.29, 1.82) is 0 Å². The summed E-state index contributed by atoms with van der Waals surface area (Å²) in [5.41, 5.74) is 2.94. The average Bonchev–Trinajstić information content (AvgIpc) is 3.12. The first-order valence-corrected chi connectivity index (χ1v) is 9.19. The largest absolute Gasteiger partial charge is 0.348 e. The fraction of sp³-hybridized carbons (Fsp3) is 0.500. The van der Waals surface area contributed by atoms with E-state index in [0.717, 1.165) is 32.4 Å². The van der Waals surface area contributed by atoms with E-state index in [9.17, 15) is 4.79 Å². The van der Waals surface area contributed by atoms with E-state index in [4.69, 9.17) is 11.6 Å². The highest BCUT2D eigenvalue weighted by atomic mass is 35.5. The maximum Gasteiger partial charge on any atom is 0.255 e. The number of carbonyl (C=O) groups excluding carboxylic acids is 1. The monoisotopic (exact) mass is 359 g/mol. The van der Waals surface area contributed by atoms with Gasteiger partial charge in [0.1, 0.15) is 0 Å². The molecular weight excluding hydrogens is 338 g/mol. The van der Waals surface area contributed by atoms with Crippen molar-refractivity contribution in [2.24, 2.45) is 0 Å². The van der Waals surface area contributed by atoms with Gasteiger partial charge in [-0.3, -0.25) is 14.7 Å². The highest BCUT2D eigenvalue weighted by molar-refractivity contribution is 6.30. The number of likely N-dealkylation sites (N-methyl/N-ethyl adjacent to an activating group) is 1. The Labute approximate surface area is 152 Å². The Kier molecular flexibility index (Phi) is 4.25. The lowest BCUT2D eigenvalue weighted by atomic mass is 9.78. The van der Waals surface area contributed by atoms with Crippen molar-refractivity contribution in [2.45, 2.75) is 31.7 Å². The molecule has 0 aromatic carbocycles. The molecule has 4 heterocycles. The molecular formula is C18H22ClN5O. The van der Waals surface area contributed by atoms with Crippen LogP contribution in [-0.2, 0) is 12.0 Å². The molecule has 2 aliphatic rings. The lowest BCUT2D eigenvalue weighted by molar-refractivity contribution is 0.0102. The molecule has 0 aliphatic carbocycles. The lowest BCUT2D eigenvalue weighted by Gasteiger charge is -2.50. The van der Waals surface area contributed by atoms with Crippen molar-refractivity contribution in [3.05, 3.63) is 46.8 Å². The van der Waals surface area contributed by atoms with Crippen molar-refractivity contribution < 1.29 is 4.79 Å². The third-order valence-electron chi connectivity index (χ3n) is 5.61. The van der Waals surface area contributed by atoms with Crippen molar-refractivity contribution in [3.63, 3.8) is 0 Å². The number of aromatic nitrogens is 3. The minimum Gasteiger partial charge on any atom is -0.348 e. The van der Waals surface area contributed by atoms with Crippen LogP contribution in [0.15, 0.2) is 24.8 Å². The highest BCUT2D eigenvalue weighted by Gasteiger charge is 2.46. The zero-order valence-corrected chi connectivity index (χ0v) is 15.1. The molecule has 0 saturated carbocycles. The number of pyridine rings is 1. The second-order valence-corrected chi connectivity index (χ2v) is 7.21. The number of nitrogens with one attached hydrogen (secondary N) is 1. The van der Waals surface area contributed by atoms with Crippen LogP contribution in [0.4, 0.5) is 0 Å². The SMILES string of the molecule is CCN1CCc2[nH]cnc2C12CCN(C(=O)c1cncc(Cl)c1)CC2. The highest BCUT2D eigenvalue weighted by Crippen LogP contribution is 2.42. The molecule has 132 valence electrons. The Morgan fingerprint density at radius 2 is 2.12 bits per heavy atom. The lowest BCUT2D eigenvalue weighted by Crippen LogP contribution is -2.57. The summed E-state index contributed by atoms with van der Waals surface area (Å²) >= 11 is 5.97. The molecule has 1 spiro atoms. The molecule has 0 atom stereocenters. The van der Waals surface area contributed by atoms with Crippen LogP contribution in [0.25, 0.3) is 0 Å². The van der Waals surface area contributed by atoms with Crippen LogP contribution in [0.5, 0.6) is 0 Å². The Bertz CT molecular complexity index is 781. The minimum atomic E-state index is -0.0499. The quantitative estimate of drug-likeness (QED) is 0.894. The molecule has 1 fully saturated rings. The Morgan fingerprint density at radius 1 is 1.32 bits per heavy atom. The third kappa shape index (κ3) is 2.73. The normalized spacial score (nSPS) is 19.8. The van der Waals surface area contributed by atoms with E-state index in [1.165, 1.54) is 11.4 Å². The molecule has 6 nitrogen and oxygen atoms in total. The van der Waals surface area contributed by atoms with Crippen molar-refractivity contribution in [3.8, 4) is 0 Å². The van der Waals surface area contributed by atoms with Crippen LogP contribution < -0.4 is 0 Å².